The molecule has 1 aliphatic rings. The van der Waals surface area contributed by atoms with Gasteiger partial charge in [-0.3, -0.25) is 9.59 Å². The number of hydrogen-bond donors (Lipinski definition) is 2. The number of carbonyl (C=O) groups is 2. The minimum absolute atomic E-state index is 0.120. The fourth-order valence-corrected chi connectivity index (χ4v) is 3.30. The van der Waals surface area contributed by atoms with Gasteiger partial charge in [0.25, 0.3) is 5.91 Å². The fraction of sp³-hybridized carbons (Fsp3) is 0.400. The van der Waals surface area contributed by atoms with Crippen LogP contribution in [0.25, 0.3) is 10.8 Å². The van der Waals surface area contributed by atoms with E-state index in [1.165, 1.54) is 11.3 Å². The van der Waals surface area contributed by atoms with Crippen molar-refractivity contribution < 1.29 is 14.0 Å². The lowest BCUT2D eigenvalue weighted by Gasteiger charge is -2.14. The van der Waals surface area contributed by atoms with Crippen LogP contribution in [0, 0.1) is 6.92 Å². The predicted octanol–water partition coefficient (Wildman–Crippen LogP) is 2.11. The minimum Gasteiger partial charge on any atom is -0.462 e. The lowest BCUT2D eigenvalue weighted by Crippen LogP contribution is -2.45. The summed E-state index contributed by atoms with van der Waals surface area (Å²) in [6, 6.07) is 3.10. The van der Waals surface area contributed by atoms with Gasteiger partial charge in [-0.1, -0.05) is 0 Å². The van der Waals surface area contributed by atoms with Crippen molar-refractivity contribution in [1.29, 1.82) is 0 Å². The van der Waals surface area contributed by atoms with Gasteiger partial charge in [-0.15, -0.1) is 11.3 Å². The van der Waals surface area contributed by atoms with Crippen molar-refractivity contribution in [2.45, 2.75) is 32.2 Å². The highest BCUT2D eigenvalue weighted by Crippen LogP contribution is 2.27. The van der Waals surface area contributed by atoms with Gasteiger partial charge in [-0.25, -0.2) is 4.98 Å². The number of thiazole rings is 1. The highest BCUT2D eigenvalue weighted by atomic mass is 32.1. The number of rotatable bonds is 3. The SMILES string of the molecule is Cc1sc(-c2ccco2)nc1C(=O)NC1CCCCNC1=O. The van der Waals surface area contributed by atoms with E-state index in [-0.39, 0.29) is 11.8 Å². The van der Waals surface area contributed by atoms with E-state index in [1.54, 1.807) is 18.4 Å². The fourth-order valence-electron chi connectivity index (χ4n) is 2.42. The molecule has 0 radical (unpaired) electrons. The molecule has 1 fully saturated rings. The van der Waals surface area contributed by atoms with E-state index in [9.17, 15) is 9.59 Å². The van der Waals surface area contributed by atoms with Crippen molar-refractivity contribution >= 4 is 23.2 Å². The Balaban J connectivity index is 1.76. The second-order valence-electron chi connectivity index (χ2n) is 5.21. The molecule has 1 atom stereocenters. The van der Waals surface area contributed by atoms with Crippen LogP contribution in [0.4, 0.5) is 0 Å². The molecule has 0 spiro atoms. The standard InChI is InChI=1S/C15H17N3O3S/c1-9-12(18-15(22-9)11-6-4-8-21-11)14(20)17-10-5-2-3-7-16-13(10)19/h4,6,8,10H,2-3,5,7H2,1H3,(H,16,19)(H,17,20). The Bertz CT molecular complexity index is 678. The summed E-state index contributed by atoms with van der Waals surface area (Å²) in [6.07, 6.45) is 4.08. The summed E-state index contributed by atoms with van der Waals surface area (Å²) in [7, 11) is 0. The normalized spacial score (nSPS) is 18.6. The van der Waals surface area contributed by atoms with E-state index in [2.05, 4.69) is 15.6 Å². The quantitative estimate of drug-likeness (QED) is 0.907. The Morgan fingerprint density at radius 3 is 3.14 bits per heavy atom. The Labute approximate surface area is 131 Å². The Hall–Kier alpha value is -2.15. The maximum absolute atomic E-state index is 12.4. The first-order chi connectivity index (χ1) is 10.6. The van der Waals surface area contributed by atoms with Gasteiger partial charge >= 0.3 is 0 Å². The van der Waals surface area contributed by atoms with Crippen LogP contribution in [0.15, 0.2) is 22.8 Å². The highest BCUT2D eigenvalue weighted by molar-refractivity contribution is 7.15. The molecule has 2 amide bonds. The summed E-state index contributed by atoms with van der Waals surface area (Å²) in [5.41, 5.74) is 0.355. The van der Waals surface area contributed by atoms with Gasteiger partial charge in [0.2, 0.25) is 5.91 Å². The number of nitrogens with one attached hydrogen (secondary N) is 2. The van der Waals surface area contributed by atoms with Gasteiger partial charge in [0.15, 0.2) is 10.8 Å². The number of amides is 2. The molecule has 6 nitrogen and oxygen atoms in total. The first-order valence-corrected chi connectivity index (χ1v) is 8.06. The molecule has 116 valence electrons. The van der Waals surface area contributed by atoms with Crippen molar-refractivity contribution in [3.63, 3.8) is 0 Å². The first kappa shape index (κ1) is 14.8. The number of hydrogen-bond acceptors (Lipinski definition) is 5. The topological polar surface area (TPSA) is 84.2 Å². The molecule has 0 saturated carbocycles. The van der Waals surface area contributed by atoms with Crippen LogP contribution < -0.4 is 10.6 Å². The average Bonchev–Trinajstić information content (AvgIpc) is 3.10. The van der Waals surface area contributed by atoms with Gasteiger partial charge in [0.1, 0.15) is 11.7 Å². The molecule has 22 heavy (non-hydrogen) atoms. The summed E-state index contributed by atoms with van der Waals surface area (Å²) in [6.45, 7) is 2.51. The maximum atomic E-state index is 12.4. The molecule has 2 aromatic heterocycles. The Morgan fingerprint density at radius 1 is 1.50 bits per heavy atom. The number of aromatic nitrogens is 1. The zero-order chi connectivity index (χ0) is 15.5. The largest absolute Gasteiger partial charge is 0.462 e. The summed E-state index contributed by atoms with van der Waals surface area (Å²) in [4.78, 5) is 29.4. The smallest absolute Gasteiger partial charge is 0.271 e. The zero-order valence-electron chi connectivity index (χ0n) is 12.2. The van der Waals surface area contributed by atoms with Crippen LogP contribution in [0.2, 0.25) is 0 Å². The molecule has 3 heterocycles. The van der Waals surface area contributed by atoms with Crippen LogP contribution in [0.3, 0.4) is 0 Å². The zero-order valence-corrected chi connectivity index (χ0v) is 13.0. The van der Waals surface area contributed by atoms with E-state index in [4.69, 9.17) is 4.42 Å². The van der Waals surface area contributed by atoms with Gasteiger partial charge in [-0.2, -0.15) is 0 Å². The van der Waals surface area contributed by atoms with Crippen LogP contribution in [0.1, 0.15) is 34.6 Å². The van der Waals surface area contributed by atoms with Crippen LogP contribution in [-0.4, -0.2) is 29.4 Å². The predicted molar refractivity (Wildman–Crippen MR) is 82.7 cm³/mol. The maximum Gasteiger partial charge on any atom is 0.271 e. The van der Waals surface area contributed by atoms with E-state index < -0.39 is 6.04 Å². The molecule has 2 N–H and O–H groups in total. The molecule has 0 aromatic carbocycles. The number of furan rings is 1. The van der Waals surface area contributed by atoms with Gasteiger partial charge < -0.3 is 15.1 Å². The first-order valence-electron chi connectivity index (χ1n) is 7.25. The van der Waals surface area contributed by atoms with Crippen molar-refractivity contribution in [2.75, 3.05) is 6.54 Å². The van der Waals surface area contributed by atoms with Crippen LogP contribution >= 0.6 is 11.3 Å². The van der Waals surface area contributed by atoms with Gasteiger partial charge in [-0.05, 0) is 38.3 Å². The van der Waals surface area contributed by atoms with E-state index >= 15 is 0 Å². The van der Waals surface area contributed by atoms with E-state index in [1.807, 2.05) is 6.92 Å². The third-order valence-corrected chi connectivity index (χ3v) is 4.57. The minimum atomic E-state index is -0.483. The third kappa shape index (κ3) is 3.04. The Morgan fingerprint density at radius 2 is 2.36 bits per heavy atom. The molecule has 1 saturated heterocycles. The highest BCUT2D eigenvalue weighted by Gasteiger charge is 2.25. The van der Waals surface area contributed by atoms with Crippen molar-refractivity contribution in [3.05, 3.63) is 29.0 Å². The van der Waals surface area contributed by atoms with Gasteiger partial charge in [0, 0.05) is 11.4 Å². The molecule has 3 rings (SSSR count). The lowest BCUT2D eigenvalue weighted by molar-refractivity contribution is -0.122. The average molecular weight is 319 g/mol. The Kier molecular flexibility index (Phi) is 4.24. The summed E-state index contributed by atoms with van der Waals surface area (Å²) in [5.74, 6) is 0.206. The summed E-state index contributed by atoms with van der Waals surface area (Å²) >= 11 is 1.40. The van der Waals surface area contributed by atoms with Gasteiger partial charge in [0.05, 0.1) is 6.26 Å². The van der Waals surface area contributed by atoms with Crippen molar-refractivity contribution in [1.82, 2.24) is 15.6 Å². The van der Waals surface area contributed by atoms with E-state index in [0.717, 1.165) is 17.7 Å². The molecule has 0 bridgehead atoms. The lowest BCUT2D eigenvalue weighted by atomic mass is 10.1. The summed E-state index contributed by atoms with van der Waals surface area (Å²) < 4.78 is 5.30. The number of carbonyl (C=O) groups excluding carboxylic acids is 2. The molecule has 7 heteroatoms. The molecular formula is C15H17N3O3S. The van der Waals surface area contributed by atoms with Crippen molar-refractivity contribution in [2.24, 2.45) is 0 Å². The molecule has 0 aliphatic carbocycles. The molecular weight excluding hydrogens is 302 g/mol. The molecule has 1 aliphatic heterocycles. The third-order valence-electron chi connectivity index (χ3n) is 3.58. The second kappa shape index (κ2) is 6.31. The monoisotopic (exact) mass is 319 g/mol. The second-order valence-corrected chi connectivity index (χ2v) is 6.42. The van der Waals surface area contributed by atoms with E-state index in [0.29, 0.717) is 29.4 Å². The molecule has 2 aromatic rings. The molecule has 1 unspecified atom stereocenters. The summed E-state index contributed by atoms with van der Waals surface area (Å²) in [5, 5.41) is 6.26. The number of aryl methyl sites for hydroxylation is 1. The number of nitrogens with zero attached hydrogens (tertiary/aromatic N) is 1. The van der Waals surface area contributed by atoms with Crippen LogP contribution in [-0.2, 0) is 4.79 Å². The van der Waals surface area contributed by atoms with Crippen LogP contribution in [0.5, 0.6) is 0 Å². The van der Waals surface area contributed by atoms with Crippen molar-refractivity contribution in [3.8, 4) is 10.8 Å².